The highest BCUT2D eigenvalue weighted by Gasteiger charge is 2.24. The molecule has 0 radical (unpaired) electrons. The Bertz CT molecular complexity index is 473. The van der Waals surface area contributed by atoms with Crippen LogP contribution in [0.2, 0.25) is 0 Å². The summed E-state index contributed by atoms with van der Waals surface area (Å²) in [5, 5.41) is 3.40. The lowest BCUT2D eigenvalue weighted by molar-refractivity contribution is -0.133. The largest absolute Gasteiger partial charge is 0.381 e. The molecule has 1 aromatic carbocycles. The van der Waals surface area contributed by atoms with E-state index < -0.39 is 0 Å². The highest BCUT2D eigenvalue weighted by atomic mass is 19.1. The minimum absolute atomic E-state index is 0.203. The lowest BCUT2D eigenvalue weighted by atomic mass is 10.1. The molecule has 1 aliphatic rings. The van der Waals surface area contributed by atoms with Gasteiger partial charge in [-0.25, -0.2) is 4.39 Å². The molecule has 1 saturated heterocycles. The van der Waals surface area contributed by atoms with Crippen LogP contribution in [0.25, 0.3) is 0 Å². The number of halogens is 1. The Morgan fingerprint density at radius 2 is 2.00 bits per heavy atom. The third kappa shape index (κ3) is 4.70. The molecular weight excluding hydrogens is 281 g/mol. The summed E-state index contributed by atoms with van der Waals surface area (Å²) in [4.78, 5) is 16.5. The van der Waals surface area contributed by atoms with Gasteiger partial charge in [0.1, 0.15) is 5.82 Å². The zero-order chi connectivity index (χ0) is 15.9. The Hall–Kier alpha value is -1.62. The summed E-state index contributed by atoms with van der Waals surface area (Å²) < 4.78 is 12.9. The normalized spacial score (nSPS) is 18.5. The van der Waals surface area contributed by atoms with Gasteiger partial charge >= 0.3 is 0 Å². The van der Waals surface area contributed by atoms with Gasteiger partial charge in [-0.2, -0.15) is 0 Å². The van der Waals surface area contributed by atoms with E-state index in [0.717, 1.165) is 44.7 Å². The van der Waals surface area contributed by atoms with Crippen molar-refractivity contribution in [3.8, 4) is 0 Å². The molecule has 0 spiro atoms. The first-order valence-corrected chi connectivity index (χ1v) is 8.14. The minimum atomic E-state index is -0.231. The van der Waals surface area contributed by atoms with E-state index in [1.807, 2.05) is 4.90 Å². The van der Waals surface area contributed by atoms with E-state index in [1.165, 1.54) is 12.1 Å². The van der Waals surface area contributed by atoms with Gasteiger partial charge in [0.2, 0.25) is 5.91 Å². The van der Waals surface area contributed by atoms with Crippen LogP contribution in [0.4, 0.5) is 10.1 Å². The molecule has 5 heteroatoms. The Kier molecular flexibility index (Phi) is 6.19. The molecule has 2 rings (SSSR count). The van der Waals surface area contributed by atoms with E-state index in [0.29, 0.717) is 6.54 Å². The van der Waals surface area contributed by atoms with Gasteiger partial charge in [-0.3, -0.25) is 9.69 Å². The van der Waals surface area contributed by atoms with Crippen molar-refractivity contribution in [3.63, 3.8) is 0 Å². The van der Waals surface area contributed by atoms with Gasteiger partial charge in [0.25, 0.3) is 0 Å². The van der Waals surface area contributed by atoms with E-state index >= 15 is 0 Å². The Labute approximate surface area is 132 Å². The fourth-order valence-corrected chi connectivity index (χ4v) is 2.84. The number of hydrogen-bond donors (Lipinski definition) is 1. The summed E-state index contributed by atoms with van der Waals surface area (Å²) in [6.45, 7) is 7.99. The van der Waals surface area contributed by atoms with Crippen LogP contribution in [0.1, 0.15) is 26.7 Å². The van der Waals surface area contributed by atoms with Crippen LogP contribution in [0.3, 0.4) is 0 Å². The molecule has 1 atom stereocenters. The van der Waals surface area contributed by atoms with Crippen LogP contribution in [0, 0.1) is 5.82 Å². The number of hydrogen-bond acceptors (Lipinski definition) is 3. The van der Waals surface area contributed by atoms with Crippen molar-refractivity contribution in [2.45, 2.75) is 32.7 Å². The fourth-order valence-electron chi connectivity index (χ4n) is 2.84. The molecule has 1 aliphatic heterocycles. The number of nitrogens with zero attached hydrogens (tertiary/aromatic N) is 2. The second-order valence-corrected chi connectivity index (χ2v) is 5.79. The quantitative estimate of drug-likeness (QED) is 0.877. The highest BCUT2D eigenvalue weighted by molar-refractivity contribution is 5.78. The molecule has 1 amide bonds. The molecule has 1 N–H and O–H groups in total. The summed E-state index contributed by atoms with van der Waals surface area (Å²) in [7, 11) is 0. The zero-order valence-corrected chi connectivity index (χ0v) is 13.5. The second kappa shape index (κ2) is 8.13. The van der Waals surface area contributed by atoms with Crippen LogP contribution in [0.15, 0.2) is 24.3 Å². The maximum absolute atomic E-state index is 12.9. The molecule has 0 aliphatic carbocycles. The van der Waals surface area contributed by atoms with Crippen LogP contribution >= 0.6 is 0 Å². The number of nitrogens with one attached hydrogen (secondary N) is 1. The molecule has 122 valence electrons. The van der Waals surface area contributed by atoms with Crippen LogP contribution in [-0.2, 0) is 4.79 Å². The van der Waals surface area contributed by atoms with Crippen molar-refractivity contribution >= 4 is 11.6 Å². The minimum Gasteiger partial charge on any atom is -0.381 e. The summed E-state index contributed by atoms with van der Waals surface area (Å²) in [5.74, 6) is -0.0282. The fraction of sp³-hybridized carbons (Fsp3) is 0.588. The van der Waals surface area contributed by atoms with Crippen molar-refractivity contribution in [2.24, 2.45) is 0 Å². The summed E-state index contributed by atoms with van der Waals surface area (Å²) in [5.41, 5.74) is 0.907. The number of likely N-dealkylation sites (tertiary alicyclic amines) is 1. The first-order valence-electron chi connectivity index (χ1n) is 8.14. The number of carbonyl (C=O) groups excluding carboxylic acids is 1. The molecule has 0 bridgehead atoms. The standard InChI is InChI=1S/C17H26FN3O/c1-3-20(4-2)13-17(22)21-11-5-6-16(12-21)19-15-9-7-14(18)8-10-15/h7-10,16,19H,3-6,11-13H2,1-2H3/t16-/m0/s1. The van der Waals surface area contributed by atoms with Crippen molar-refractivity contribution in [1.82, 2.24) is 9.80 Å². The van der Waals surface area contributed by atoms with Gasteiger partial charge in [-0.15, -0.1) is 0 Å². The Balaban J connectivity index is 1.88. The number of amides is 1. The lowest BCUT2D eigenvalue weighted by Gasteiger charge is -2.35. The second-order valence-electron chi connectivity index (χ2n) is 5.79. The smallest absolute Gasteiger partial charge is 0.236 e. The number of anilines is 1. The van der Waals surface area contributed by atoms with E-state index in [9.17, 15) is 9.18 Å². The maximum Gasteiger partial charge on any atom is 0.236 e. The average Bonchev–Trinajstić information content (AvgIpc) is 2.55. The lowest BCUT2D eigenvalue weighted by Crippen LogP contribution is -2.48. The highest BCUT2D eigenvalue weighted by Crippen LogP contribution is 2.17. The van der Waals surface area contributed by atoms with Crippen molar-refractivity contribution in [1.29, 1.82) is 0 Å². The first-order chi connectivity index (χ1) is 10.6. The molecule has 0 saturated carbocycles. The molecule has 1 fully saturated rings. The number of carbonyl (C=O) groups is 1. The van der Waals surface area contributed by atoms with Crippen LogP contribution in [-0.4, -0.2) is 54.5 Å². The summed E-state index contributed by atoms with van der Waals surface area (Å²) in [6.07, 6.45) is 2.04. The predicted molar refractivity (Wildman–Crippen MR) is 87.4 cm³/mol. The van der Waals surface area contributed by atoms with Crippen LogP contribution in [0.5, 0.6) is 0 Å². The molecule has 4 nitrogen and oxygen atoms in total. The topological polar surface area (TPSA) is 35.6 Å². The van der Waals surface area contributed by atoms with Gasteiger partial charge < -0.3 is 10.2 Å². The third-order valence-electron chi connectivity index (χ3n) is 4.24. The molecular formula is C17H26FN3O. The molecule has 0 unspecified atom stereocenters. The third-order valence-corrected chi connectivity index (χ3v) is 4.24. The average molecular weight is 307 g/mol. The zero-order valence-electron chi connectivity index (χ0n) is 13.5. The summed E-state index contributed by atoms with van der Waals surface area (Å²) >= 11 is 0. The number of benzene rings is 1. The number of rotatable bonds is 6. The number of piperidine rings is 1. The molecule has 22 heavy (non-hydrogen) atoms. The summed E-state index contributed by atoms with van der Waals surface area (Å²) in [6, 6.07) is 6.63. The Morgan fingerprint density at radius 1 is 1.32 bits per heavy atom. The molecule has 0 aromatic heterocycles. The van der Waals surface area contributed by atoms with Gasteiger partial charge in [0.15, 0.2) is 0 Å². The monoisotopic (exact) mass is 307 g/mol. The molecule has 1 heterocycles. The molecule has 1 aromatic rings. The van der Waals surface area contributed by atoms with Crippen molar-refractivity contribution in [3.05, 3.63) is 30.1 Å². The van der Waals surface area contributed by atoms with Crippen molar-refractivity contribution < 1.29 is 9.18 Å². The van der Waals surface area contributed by atoms with Gasteiger partial charge in [0, 0.05) is 24.8 Å². The predicted octanol–water partition coefficient (Wildman–Crippen LogP) is 2.57. The SMILES string of the molecule is CCN(CC)CC(=O)N1CCC[C@H](Nc2ccc(F)cc2)C1. The van der Waals surface area contributed by atoms with E-state index in [-0.39, 0.29) is 17.8 Å². The maximum atomic E-state index is 12.9. The van der Waals surface area contributed by atoms with Gasteiger partial charge in [-0.05, 0) is 50.2 Å². The van der Waals surface area contributed by atoms with E-state index in [2.05, 4.69) is 24.1 Å². The van der Waals surface area contributed by atoms with Crippen molar-refractivity contribution in [2.75, 3.05) is 38.0 Å². The Morgan fingerprint density at radius 3 is 2.64 bits per heavy atom. The first kappa shape index (κ1) is 16.7. The van der Waals surface area contributed by atoms with Gasteiger partial charge in [-0.1, -0.05) is 13.8 Å². The number of likely N-dealkylation sites (N-methyl/N-ethyl adjacent to an activating group) is 1. The van der Waals surface area contributed by atoms with E-state index in [4.69, 9.17) is 0 Å². The van der Waals surface area contributed by atoms with Gasteiger partial charge in [0.05, 0.1) is 6.54 Å². The van der Waals surface area contributed by atoms with E-state index in [1.54, 1.807) is 12.1 Å². The van der Waals surface area contributed by atoms with Crippen LogP contribution < -0.4 is 5.32 Å².